The van der Waals surface area contributed by atoms with Crippen LogP contribution in [0, 0.1) is 5.82 Å². The van der Waals surface area contributed by atoms with Crippen LogP contribution in [0.15, 0.2) is 30.6 Å². The highest BCUT2D eigenvalue weighted by atomic mass is 19.4. The molecule has 0 fully saturated rings. The van der Waals surface area contributed by atoms with E-state index in [0.717, 1.165) is 10.7 Å². The molecule has 0 aliphatic rings. The Balaban J connectivity index is 2.40. The Kier molecular flexibility index (Phi) is 3.08. The number of nitrogens with zero attached hydrogens (tertiary/aromatic N) is 2. The molecule has 0 unspecified atom stereocenters. The molecule has 1 heterocycles. The lowest BCUT2D eigenvalue weighted by molar-refractivity contribution is -0.137. The van der Waals surface area contributed by atoms with Crippen molar-refractivity contribution >= 4 is 0 Å². The molecule has 0 saturated heterocycles. The summed E-state index contributed by atoms with van der Waals surface area (Å²) in [6, 6.07) is 3.71. The van der Waals surface area contributed by atoms with E-state index in [1.54, 1.807) is 0 Å². The van der Waals surface area contributed by atoms with Gasteiger partial charge in [-0.25, -0.2) is 9.07 Å². The Morgan fingerprint density at radius 3 is 2.50 bits per heavy atom. The molecular formula is C11H8F4N2O. The topological polar surface area (TPSA) is 38.0 Å². The van der Waals surface area contributed by atoms with Gasteiger partial charge < -0.3 is 5.11 Å². The van der Waals surface area contributed by atoms with E-state index in [1.807, 2.05) is 0 Å². The van der Waals surface area contributed by atoms with Crippen molar-refractivity contribution in [2.24, 2.45) is 0 Å². The highest BCUT2D eigenvalue weighted by Gasteiger charge is 2.32. The maximum absolute atomic E-state index is 13.6. The highest BCUT2D eigenvalue weighted by molar-refractivity contribution is 5.36. The molecule has 96 valence electrons. The Morgan fingerprint density at radius 1 is 1.28 bits per heavy atom. The van der Waals surface area contributed by atoms with Gasteiger partial charge in [-0.2, -0.15) is 18.3 Å². The van der Waals surface area contributed by atoms with Gasteiger partial charge in [0.15, 0.2) is 0 Å². The predicted octanol–water partition coefficient (Wildman–Crippen LogP) is 2.52. The third-order valence-corrected chi connectivity index (χ3v) is 2.35. The van der Waals surface area contributed by atoms with Crippen LogP contribution in [-0.4, -0.2) is 14.9 Å². The summed E-state index contributed by atoms with van der Waals surface area (Å²) in [7, 11) is 0. The molecule has 2 aromatic rings. The average Bonchev–Trinajstić information content (AvgIpc) is 2.77. The number of hydrogen-bond donors (Lipinski definition) is 1. The van der Waals surface area contributed by atoms with Crippen LogP contribution in [0.4, 0.5) is 17.6 Å². The minimum atomic E-state index is -4.51. The zero-order chi connectivity index (χ0) is 13.3. The van der Waals surface area contributed by atoms with Crippen molar-refractivity contribution < 1.29 is 22.7 Å². The molecule has 0 radical (unpaired) electrons. The van der Waals surface area contributed by atoms with Crippen molar-refractivity contribution in [3.63, 3.8) is 0 Å². The number of hydrogen-bond acceptors (Lipinski definition) is 2. The minimum Gasteiger partial charge on any atom is -0.392 e. The van der Waals surface area contributed by atoms with E-state index in [0.29, 0.717) is 18.0 Å². The first-order valence-electron chi connectivity index (χ1n) is 4.93. The molecule has 1 aromatic carbocycles. The summed E-state index contributed by atoms with van der Waals surface area (Å²) < 4.78 is 51.4. The van der Waals surface area contributed by atoms with Crippen LogP contribution in [0.1, 0.15) is 11.1 Å². The molecule has 3 nitrogen and oxygen atoms in total. The summed E-state index contributed by atoms with van der Waals surface area (Å²) in [6.45, 7) is -0.343. The van der Waals surface area contributed by atoms with E-state index in [1.165, 1.54) is 12.1 Å². The van der Waals surface area contributed by atoms with Crippen LogP contribution in [0.5, 0.6) is 0 Å². The minimum absolute atomic E-state index is 0.109. The van der Waals surface area contributed by atoms with Crippen LogP contribution >= 0.6 is 0 Å². The first-order valence-corrected chi connectivity index (χ1v) is 4.93. The zero-order valence-corrected chi connectivity index (χ0v) is 8.95. The number of aliphatic hydroxyl groups is 1. The van der Waals surface area contributed by atoms with E-state index < -0.39 is 17.6 Å². The summed E-state index contributed by atoms with van der Waals surface area (Å²) in [5.41, 5.74) is -0.727. The highest BCUT2D eigenvalue weighted by Crippen LogP contribution is 2.29. The van der Waals surface area contributed by atoms with Crippen LogP contribution in [0.2, 0.25) is 0 Å². The molecule has 0 saturated carbocycles. The van der Waals surface area contributed by atoms with Crippen LogP contribution in [0.3, 0.4) is 0 Å². The van der Waals surface area contributed by atoms with Crippen molar-refractivity contribution in [3.8, 4) is 5.69 Å². The molecule has 1 aromatic heterocycles. The van der Waals surface area contributed by atoms with E-state index in [9.17, 15) is 17.6 Å². The fraction of sp³-hybridized carbons (Fsp3) is 0.182. The summed E-state index contributed by atoms with van der Waals surface area (Å²) in [4.78, 5) is 0. The maximum atomic E-state index is 13.6. The van der Waals surface area contributed by atoms with Crippen LogP contribution < -0.4 is 0 Å². The fourth-order valence-corrected chi connectivity index (χ4v) is 1.44. The van der Waals surface area contributed by atoms with Gasteiger partial charge in [0.05, 0.1) is 18.4 Å². The van der Waals surface area contributed by atoms with E-state index in [-0.39, 0.29) is 12.3 Å². The Hall–Kier alpha value is -1.89. The zero-order valence-electron chi connectivity index (χ0n) is 8.95. The van der Waals surface area contributed by atoms with Gasteiger partial charge in [-0.1, -0.05) is 6.07 Å². The molecule has 0 aliphatic heterocycles. The predicted molar refractivity (Wildman–Crippen MR) is 54.4 cm³/mol. The molecule has 0 aliphatic carbocycles. The number of aliphatic hydroxyl groups excluding tert-OH is 1. The lowest BCUT2D eigenvalue weighted by Crippen LogP contribution is -2.03. The number of alkyl halides is 3. The number of halogens is 4. The first-order chi connectivity index (χ1) is 8.41. The lowest BCUT2D eigenvalue weighted by Gasteiger charge is -2.05. The molecule has 0 spiro atoms. The summed E-state index contributed by atoms with van der Waals surface area (Å²) in [5.74, 6) is -0.752. The van der Waals surface area contributed by atoms with Gasteiger partial charge in [-0.3, -0.25) is 0 Å². The largest absolute Gasteiger partial charge is 0.419 e. The number of benzene rings is 1. The second-order valence-electron chi connectivity index (χ2n) is 3.62. The lowest BCUT2D eigenvalue weighted by atomic mass is 10.2. The third kappa shape index (κ3) is 2.35. The number of rotatable bonds is 2. The fourth-order valence-electron chi connectivity index (χ4n) is 1.44. The van der Waals surface area contributed by atoms with E-state index in [2.05, 4.69) is 5.10 Å². The van der Waals surface area contributed by atoms with Crippen LogP contribution in [-0.2, 0) is 12.8 Å². The normalized spacial score (nSPS) is 11.8. The molecule has 0 atom stereocenters. The van der Waals surface area contributed by atoms with Gasteiger partial charge in [0.2, 0.25) is 0 Å². The van der Waals surface area contributed by atoms with Gasteiger partial charge in [0, 0.05) is 6.20 Å². The molecular weight excluding hydrogens is 252 g/mol. The Morgan fingerprint density at radius 2 is 2.00 bits per heavy atom. The smallest absolute Gasteiger partial charge is 0.392 e. The van der Waals surface area contributed by atoms with Crippen molar-refractivity contribution in [1.29, 1.82) is 0 Å². The summed E-state index contributed by atoms with van der Waals surface area (Å²) >= 11 is 0. The summed E-state index contributed by atoms with van der Waals surface area (Å²) in [5, 5.41) is 12.3. The van der Waals surface area contributed by atoms with Crippen molar-refractivity contribution in [3.05, 3.63) is 47.5 Å². The quantitative estimate of drug-likeness (QED) is 0.842. The average molecular weight is 260 g/mol. The third-order valence-electron chi connectivity index (χ3n) is 2.35. The van der Waals surface area contributed by atoms with E-state index >= 15 is 0 Å². The van der Waals surface area contributed by atoms with Crippen molar-refractivity contribution in [2.45, 2.75) is 12.8 Å². The molecule has 0 bridgehead atoms. The molecule has 1 N–H and O–H groups in total. The van der Waals surface area contributed by atoms with E-state index in [4.69, 9.17) is 5.11 Å². The van der Waals surface area contributed by atoms with Gasteiger partial charge in [0.1, 0.15) is 11.5 Å². The number of aromatic nitrogens is 2. The van der Waals surface area contributed by atoms with Crippen molar-refractivity contribution in [1.82, 2.24) is 9.78 Å². The standard InChI is InChI=1S/C11H8F4N2O/c12-9-3-7(6-18)1-2-10(9)17-5-8(4-16-17)11(13,14)15/h1-5,18H,6H2. The Labute approximate surface area is 99.3 Å². The second-order valence-corrected chi connectivity index (χ2v) is 3.62. The van der Waals surface area contributed by atoms with Gasteiger partial charge in [-0.15, -0.1) is 0 Å². The molecule has 0 amide bonds. The van der Waals surface area contributed by atoms with Gasteiger partial charge >= 0.3 is 6.18 Å². The molecule has 18 heavy (non-hydrogen) atoms. The SMILES string of the molecule is OCc1ccc(-n2cc(C(F)(F)F)cn2)c(F)c1. The Bertz CT molecular complexity index is 562. The van der Waals surface area contributed by atoms with Crippen molar-refractivity contribution in [2.75, 3.05) is 0 Å². The van der Waals surface area contributed by atoms with Gasteiger partial charge in [-0.05, 0) is 17.7 Å². The second kappa shape index (κ2) is 4.41. The molecule has 7 heteroatoms. The van der Waals surface area contributed by atoms with Crippen LogP contribution in [0.25, 0.3) is 5.69 Å². The monoisotopic (exact) mass is 260 g/mol. The summed E-state index contributed by atoms with van der Waals surface area (Å²) in [6.07, 6.45) is -3.18. The first kappa shape index (κ1) is 12.6. The maximum Gasteiger partial charge on any atom is 0.419 e. The molecule has 2 rings (SSSR count). The van der Waals surface area contributed by atoms with Gasteiger partial charge in [0.25, 0.3) is 0 Å².